The number of aryl methyl sites for hydroxylation is 2. The van der Waals surface area contributed by atoms with Gasteiger partial charge in [-0.15, -0.1) is 12.4 Å². The Balaban J connectivity index is 0.00000147. The number of aromatic amines is 1. The van der Waals surface area contributed by atoms with Crippen LogP contribution in [0.1, 0.15) is 5.82 Å². The van der Waals surface area contributed by atoms with E-state index in [1.165, 1.54) is 21.3 Å². The Labute approximate surface area is 116 Å². The summed E-state index contributed by atoms with van der Waals surface area (Å²) >= 11 is 0. The van der Waals surface area contributed by atoms with Crippen molar-refractivity contribution in [2.45, 2.75) is 6.18 Å². The van der Waals surface area contributed by atoms with Crippen LogP contribution in [-0.2, 0) is 20.3 Å². The standard InChI is InChI=1S/C11H9F3N4O.ClH/c1-17-7-3-5-6(4-8(7)18(2)10(17)19)16-9(15-5)11(12,13)14;/h3-4H,1-2H3,(H,15,16);1H. The maximum Gasteiger partial charge on any atom is 0.449 e. The molecule has 0 atom stereocenters. The number of fused-ring (bicyclic) bond motifs is 2. The molecule has 2 aromatic heterocycles. The number of H-pyrrole nitrogens is 1. The first-order valence-electron chi connectivity index (χ1n) is 5.41. The van der Waals surface area contributed by atoms with Gasteiger partial charge in [-0.2, -0.15) is 13.2 Å². The lowest BCUT2D eigenvalue weighted by Gasteiger charge is -1.98. The van der Waals surface area contributed by atoms with Gasteiger partial charge in [0.1, 0.15) is 0 Å². The third kappa shape index (κ3) is 1.87. The van der Waals surface area contributed by atoms with Crippen molar-refractivity contribution in [1.29, 1.82) is 0 Å². The number of benzene rings is 1. The van der Waals surface area contributed by atoms with Crippen LogP contribution in [0.4, 0.5) is 13.2 Å². The molecule has 9 heteroatoms. The van der Waals surface area contributed by atoms with E-state index in [0.29, 0.717) is 11.0 Å². The second kappa shape index (κ2) is 4.27. The molecule has 3 rings (SSSR count). The maximum absolute atomic E-state index is 12.6. The first-order valence-corrected chi connectivity index (χ1v) is 5.41. The van der Waals surface area contributed by atoms with E-state index in [-0.39, 0.29) is 29.1 Å². The Morgan fingerprint density at radius 1 is 1.15 bits per heavy atom. The molecule has 0 saturated heterocycles. The fourth-order valence-electron chi connectivity index (χ4n) is 2.14. The van der Waals surface area contributed by atoms with Gasteiger partial charge in [-0.25, -0.2) is 9.78 Å². The molecule has 0 amide bonds. The summed E-state index contributed by atoms with van der Waals surface area (Å²) in [5, 5.41) is 0. The molecule has 0 radical (unpaired) electrons. The first-order chi connectivity index (χ1) is 8.79. The molecule has 2 heterocycles. The van der Waals surface area contributed by atoms with Gasteiger partial charge in [0, 0.05) is 14.1 Å². The number of halogens is 4. The molecule has 0 bridgehead atoms. The van der Waals surface area contributed by atoms with Crippen LogP contribution in [0.3, 0.4) is 0 Å². The van der Waals surface area contributed by atoms with Crippen LogP contribution in [-0.4, -0.2) is 19.1 Å². The largest absolute Gasteiger partial charge is 0.449 e. The van der Waals surface area contributed by atoms with Crippen molar-refractivity contribution in [3.8, 4) is 0 Å². The van der Waals surface area contributed by atoms with Crippen LogP contribution >= 0.6 is 12.4 Å². The number of nitrogens with zero attached hydrogens (tertiary/aromatic N) is 3. The lowest BCUT2D eigenvalue weighted by Crippen LogP contribution is -2.19. The normalized spacial score (nSPS) is 12.1. The molecule has 0 aliphatic rings. The molecule has 0 unspecified atom stereocenters. The number of imidazole rings is 2. The summed E-state index contributed by atoms with van der Waals surface area (Å²) in [6.07, 6.45) is -4.52. The van der Waals surface area contributed by atoms with E-state index >= 15 is 0 Å². The van der Waals surface area contributed by atoms with Crippen LogP contribution in [0.2, 0.25) is 0 Å². The summed E-state index contributed by atoms with van der Waals surface area (Å²) < 4.78 is 40.5. The highest BCUT2D eigenvalue weighted by molar-refractivity contribution is 5.91. The first kappa shape index (κ1) is 14.4. The molecule has 0 saturated carbocycles. The van der Waals surface area contributed by atoms with E-state index in [1.807, 2.05) is 0 Å². The molecule has 3 aromatic rings. The Kier molecular flexibility index (Phi) is 3.09. The van der Waals surface area contributed by atoms with Crippen molar-refractivity contribution in [3.05, 3.63) is 28.4 Å². The van der Waals surface area contributed by atoms with E-state index in [2.05, 4.69) is 9.97 Å². The summed E-state index contributed by atoms with van der Waals surface area (Å²) in [4.78, 5) is 17.5. The minimum Gasteiger partial charge on any atom is -0.334 e. The third-order valence-corrected chi connectivity index (χ3v) is 3.14. The molecule has 0 aliphatic carbocycles. The van der Waals surface area contributed by atoms with Crippen molar-refractivity contribution >= 4 is 34.5 Å². The molecule has 1 N–H and O–H groups in total. The minimum atomic E-state index is -4.52. The minimum absolute atomic E-state index is 0. The van der Waals surface area contributed by atoms with Crippen LogP contribution in [0.25, 0.3) is 22.1 Å². The Morgan fingerprint density at radius 2 is 1.70 bits per heavy atom. The molecule has 1 aromatic carbocycles. The van der Waals surface area contributed by atoms with Crippen molar-refractivity contribution in [3.63, 3.8) is 0 Å². The zero-order chi connectivity index (χ0) is 13.9. The predicted molar refractivity (Wildman–Crippen MR) is 70.1 cm³/mol. The lowest BCUT2D eigenvalue weighted by molar-refractivity contribution is -0.144. The van der Waals surface area contributed by atoms with Crippen LogP contribution < -0.4 is 5.69 Å². The van der Waals surface area contributed by atoms with E-state index in [1.54, 1.807) is 14.1 Å². The van der Waals surface area contributed by atoms with Crippen molar-refractivity contribution in [1.82, 2.24) is 19.1 Å². The van der Waals surface area contributed by atoms with Gasteiger partial charge in [0.2, 0.25) is 5.82 Å². The predicted octanol–water partition coefficient (Wildman–Crippen LogP) is 2.19. The summed E-state index contributed by atoms with van der Waals surface area (Å²) in [5.74, 6) is -1.04. The Hall–Kier alpha value is -1.96. The third-order valence-electron chi connectivity index (χ3n) is 3.14. The average Bonchev–Trinajstić information content (AvgIpc) is 2.84. The maximum atomic E-state index is 12.6. The quantitative estimate of drug-likeness (QED) is 0.692. The molecule has 0 fully saturated rings. The van der Waals surface area contributed by atoms with E-state index < -0.39 is 12.0 Å². The number of alkyl halides is 3. The van der Waals surface area contributed by atoms with Gasteiger partial charge < -0.3 is 4.98 Å². The molecule has 5 nitrogen and oxygen atoms in total. The summed E-state index contributed by atoms with van der Waals surface area (Å²) in [7, 11) is 3.13. The highest BCUT2D eigenvalue weighted by Gasteiger charge is 2.34. The van der Waals surface area contributed by atoms with Gasteiger partial charge in [-0.1, -0.05) is 0 Å². The fourth-order valence-corrected chi connectivity index (χ4v) is 2.14. The molecular formula is C11H10ClF3N4O. The van der Waals surface area contributed by atoms with Crippen molar-refractivity contribution < 1.29 is 13.2 Å². The van der Waals surface area contributed by atoms with Crippen LogP contribution in [0, 0.1) is 0 Å². The number of hydrogen-bond donors (Lipinski definition) is 1. The number of nitrogens with one attached hydrogen (secondary N) is 1. The van der Waals surface area contributed by atoms with Gasteiger partial charge in [0.25, 0.3) is 0 Å². The molecule has 20 heavy (non-hydrogen) atoms. The summed E-state index contributed by atoms with van der Waals surface area (Å²) in [5.41, 5.74) is 1.29. The van der Waals surface area contributed by atoms with Gasteiger partial charge in [-0.05, 0) is 12.1 Å². The second-order valence-electron chi connectivity index (χ2n) is 4.34. The molecule has 108 valence electrons. The highest BCUT2D eigenvalue weighted by Crippen LogP contribution is 2.29. The van der Waals surface area contributed by atoms with E-state index in [9.17, 15) is 18.0 Å². The van der Waals surface area contributed by atoms with Gasteiger partial charge >= 0.3 is 11.9 Å². The van der Waals surface area contributed by atoms with Gasteiger partial charge in [0.15, 0.2) is 0 Å². The van der Waals surface area contributed by atoms with Crippen LogP contribution in [0.5, 0.6) is 0 Å². The smallest absolute Gasteiger partial charge is 0.334 e. The molecule has 0 spiro atoms. The number of rotatable bonds is 0. The Morgan fingerprint density at radius 3 is 2.25 bits per heavy atom. The average molecular weight is 307 g/mol. The Bertz CT molecular complexity index is 798. The van der Waals surface area contributed by atoms with Gasteiger partial charge in [0.05, 0.1) is 22.1 Å². The topological polar surface area (TPSA) is 55.6 Å². The summed E-state index contributed by atoms with van der Waals surface area (Å²) in [6, 6.07) is 2.96. The van der Waals surface area contributed by atoms with Crippen LogP contribution in [0.15, 0.2) is 16.9 Å². The zero-order valence-corrected chi connectivity index (χ0v) is 11.3. The summed E-state index contributed by atoms with van der Waals surface area (Å²) in [6.45, 7) is 0. The highest BCUT2D eigenvalue weighted by atomic mass is 35.5. The number of aromatic nitrogens is 4. The fraction of sp³-hybridized carbons (Fsp3) is 0.273. The van der Waals surface area contributed by atoms with E-state index in [0.717, 1.165) is 0 Å². The monoisotopic (exact) mass is 306 g/mol. The second-order valence-corrected chi connectivity index (χ2v) is 4.34. The van der Waals surface area contributed by atoms with E-state index in [4.69, 9.17) is 0 Å². The van der Waals surface area contributed by atoms with Crippen molar-refractivity contribution in [2.24, 2.45) is 14.1 Å². The zero-order valence-electron chi connectivity index (χ0n) is 10.4. The molecule has 0 aliphatic heterocycles. The number of hydrogen-bond acceptors (Lipinski definition) is 2. The SMILES string of the molecule is Cl.Cn1c(=O)n(C)c2cc3[nH]c(C(F)(F)F)nc3cc21. The van der Waals surface area contributed by atoms with Gasteiger partial charge in [-0.3, -0.25) is 9.13 Å². The van der Waals surface area contributed by atoms with Crippen molar-refractivity contribution in [2.75, 3.05) is 0 Å². The lowest BCUT2D eigenvalue weighted by atomic mass is 10.2. The molecular weight excluding hydrogens is 297 g/mol.